The molecule has 0 spiro atoms. The van der Waals surface area contributed by atoms with Crippen LogP contribution in [0.15, 0.2) is 66.9 Å². The van der Waals surface area contributed by atoms with Crippen LogP contribution >= 0.6 is 0 Å². The Labute approximate surface area is 245 Å². The molecule has 1 aromatic heterocycles. The van der Waals surface area contributed by atoms with E-state index in [1.54, 1.807) is 12.1 Å². The zero-order chi connectivity index (χ0) is 29.9. The average molecular weight is 590 g/mol. The molecule has 2 aliphatic rings. The number of carbonyl (C=O) groups is 2. The number of anilines is 2. The number of nitrogens with one attached hydrogen (secondary N) is 1. The van der Waals surface area contributed by atoms with Crippen LogP contribution in [0.5, 0.6) is 0 Å². The van der Waals surface area contributed by atoms with Crippen molar-refractivity contribution in [2.75, 3.05) is 15.0 Å². The number of hydrogen-bond acceptors (Lipinski definition) is 6. The molecule has 0 unspecified atom stereocenters. The van der Waals surface area contributed by atoms with Crippen LogP contribution in [-0.2, 0) is 19.6 Å². The molecule has 1 aliphatic carbocycles. The topological polar surface area (TPSA) is 123 Å². The monoisotopic (exact) mass is 589 g/mol. The van der Waals surface area contributed by atoms with Crippen LogP contribution in [0.4, 0.5) is 15.9 Å². The first-order chi connectivity index (χ1) is 20.2. The van der Waals surface area contributed by atoms with Crippen molar-refractivity contribution in [3.05, 3.63) is 89.4 Å². The Balaban J connectivity index is 1.64. The van der Waals surface area contributed by atoms with Crippen LogP contribution in [0.2, 0.25) is 0 Å². The van der Waals surface area contributed by atoms with E-state index in [2.05, 4.69) is 10.3 Å². The Hall–Kier alpha value is -4.30. The van der Waals surface area contributed by atoms with Crippen molar-refractivity contribution in [1.29, 1.82) is 5.26 Å². The van der Waals surface area contributed by atoms with E-state index in [0.717, 1.165) is 42.0 Å². The van der Waals surface area contributed by atoms with Crippen molar-refractivity contribution in [3.63, 3.8) is 0 Å². The molecule has 42 heavy (non-hydrogen) atoms. The molecule has 2 aromatic carbocycles. The number of rotatable bonds is 7. The SMILES string of the molecule is Cc1ccccc1[C@H](C(=O)NC1CCCCC1)N(C(=O)[C@@H]1CCS(=O)(=O)N1c1cc(C#N)ccn1)c1cccc(F)c1. The minimum absolute atomic E-state index is 0.0662. The minimum atomic E-state index is -3.99. The molecule has 1 saturated carbocycles. The molecule has 0 radical (unpaired) electrons. The zero-order valence-corrected chi connectivity index (χ0v) is 24.1. The number of aromatic nitrogens is 1. The molecule has 2 fully saturated rings. The first-order valence-corrected chi connectivity index (χ1v) is 15.6. The van der Waals surface area contributed by atoms with Gasteiger partial charge in [0, 0.05) is 17.9 Å². The van der Waals surface area contributed by atoms with Crippen molar-refractivity contribution in [2.24, 2.45) is 0 Å². The maximum atomic E-state index is 14.6. The third-order valence-electron chi connectivity index (χ3n) is 7.88. The van der Waals surface area contributed by atoms with Crippen molar-refractivity contribution >= 4 is 33.3 Å². The number of halogens is 1. The predicted octanol–water partition coefficient (Wildman–Crippen LogP) is 4.53. The fourth-order valence-electron chi connectivity index (χ4n) is 5.81. The first kappa shape index (κ1) is 29.2. The molecule has 1 saturated heterocycles. The zero-order valence-electron chi connectivity index (χ0n) is 23.2. The number of sulfonamides is 1. The van der Waals surface area contributed by atoms with E-state index >= 15 is 0 Å². The molecule has 1 N–H and O–H groups in total. The Bertz CT molecular complexity index is 1630. The number of pyridine rings is 1. The van der Waals surface area contributed by atoms with Gasteiger partial charge in [-0.25, -0.2) is 22.1 Å². The summed E-state index contributed by atoms with van der Waals surface area (Å²) in [6, 6.07) is 14.7. The van der Waals surface area contributed by atoms with Crippen LogP contribution in [0.1, 0.15) is 61.3 Å². The van der Waals surface area contributed by atoms with Gasteiger partial charge in [-0.15, -0.1) is 0 Å². The molecular formula is C31H32FN5O4S. The number of benzene rings is 2. The molecular weight excluding hydrogens is 557 g/mol. The molecule has 2 heterocycles. The minimum Gasteiger partial charge on any atom is -0.351 e. The fourth-order valence-corrected chi connectivity index (χ4v) is 7.50. The molecule has 11 heteroatoms. The molecule has 3 aromatic rings. The molecule has 2 amide bonds. The summed E-state index contributed by atoms with van der Waals surface area (Å²) in [5.41, 5.74) is 1.59. The molecule has 0 bridgehead atoms. The van der Waals surface area contributed by atoms with Gasteiger partial charge in [-0.05, 0) is 67.6 Å². The van der Waals surface area contributed by atoms with Gasteiger partial charge in [-0.3, -0.25) is 14.5 Å². The van der Waals surface area contributed by atoms with Gasteiger partial charge in [0.25, 0.3) is 5.91 Å². The normalized spacial score (nSPS) is 19.1. The van der Waals surface area contributed by atoms with E-state index in [0.29, 0.717) is 5.56 Å². The summed E-state index contributed by atoms with van der Waals surface area (Å²) in [5.74, 6) is -2.13. The highest BCUT2D eigenvalue weighted by atomic mass is 32.2. The van der Waals surface area contributed by atoms with Crippen LogP contribution < -0.4 is 14.5 Å². The molecule has 218 valence electrons. The Kier molecular flexibility index (Phi) is 8.54. The number of carbonyl (C=O) groups excluding carboxylic acids is 2. The van der Waals surface area contributed by atoms with E-state index in [9.17, 15) is 27.7 Å². The number of hydrogen-bond donors (Lipinski definition) is 1. The van der Waals surface area contributed by atoms with E-state index in [-0.39, 0.29) is 35.3 Å². The van der Waals surface area contributed by atoms with Crippen LogP contribution in [-0.4, -0.2) is 43.1 Å². The van der Waals surface area contributed by atoms with Gasteiger partial charge < -0.3 is 5.32 Å². The van der Waals surface area contributed by atoms with Gasteiger partial charge in [0.2, 0.25) is 15.9 Å². The molecule has 5 rings (SSSR count). The highest BCUT2D eigenvalue weighted by molar-refractivity contribution is 7.93. The fraction of sp³-hybridized carbons (Fsp3) is 0.355. The van der Waals surface area contributed by atoms with E-state index in [1.807, 2.05) is 25.1 Å². The highest BCUT2D eigenvalue weighted by Gasteiger charge is 2.47. The summed E-state index contributed by atoms with van der Waals surface area (Å²) >= 11 is 0. The third kappa shape index (κ3) is 5.99. The summed E-state index contributed by atoms with van der Waals surface area (Å²) in [6.45, 7) is 1.83. The van der Waals surface area contributed by atoms with Crippen molar-refractivity contribution in [2.45, 2.75) is 63.6 Å². The van der Waals surface area contributed by atoms with Gasteiger partial charge >= 0.3 is 0 Å². The van der Waals surface area contributed by atoms with Crippen molar-refractivity contribution in [1.82, 2.24) is 10.3 Å². The largest absolute Gasteiger partial charge is 0.351 e. The number of amides is 2. The average Bonchev–Trinajstić information content (AvgIpc) is 3.31. The van der Waals surface area contributed by atoms with E-state index in [1.165, 1.54) is 47.5 Å². The standard InChI is InChI=1S/C31H32FN5O4S/c1-21-8-5-6-13-26(21)29(30(38)35-24-10-3-2-4-11-24)36(25-12-7-9-23(32)19-25)31(39)27-15-17-42(40,41)37(27)28-18-22(20-33)14-16-34-28/h5-9,12-14,16,18-19,24,27,29H,2-4,10-11,15,17H2,1H3,(H,35,38)/t27-,29+/m0/s1. The smallest absolute Gasteiger partial charge is 0.252 e. The maximum Gasteiger partial charge on any atom is 0.252 e. The predicted molar refractivity (Wildman–Crippen MR) is 156 cm³/mol. The van der Waals surface area contributed by atoms with Gasteiger partial charge in [0.05, 0.1) is 17.4 Å². The van der Waals surface area contributed by atoms with Crippen LogP contribution in [0.3, 0.4) is 0 Å². The van der Waals surface area contributed by atoms with Crippen LogP contribution in [0.25, 0.3) is 0 Å². The van der Waals surface area contributed by atoms with Crippen molar-refractivity contribution < 1.29 is 22.4 Å². The molecule has 9 nitrogen and oxygen atoms in total. The van der Waals surface area contributed by atoms with Crippen LogP contribution in [0, 0.1) is 24.1 Å². The number of nitriles is 1. The highest BCUT2D eigenvalue weighted by Crippen LogP contribution is 2.36. The van der Waals surface area contributed by atoms with E-state index in [4.69, 9.17) is 0 Å². The van der Waals surface area contributed by atoms with Gasteiger partial charge in [-0.1, -0.05) is 49.6 Å². The summed E-state index contributed by atoms with van der Waals surface area (Å²) in [6.07, 6.45) is 5.92. The Morgan fingerprint density at radius 3 is 2.55 bits per heavy atom. The summed E-state index contributed by atoms with van der Waals surface area (Å²) in [5, 5.41) is 12.5. The Morgan fingerprint density at radius 1 is 1.07 bits per heavy atom. The summed E-state index contributed by atoms with van der Waals surface area (Å²) in [7, 11) is -3.99. The summed E-state index contributed by atoms with van der Waals surface area (Å²) in [4.78, 5) is 34.2. The van der Waals surface area contributed by atoms with Gasteiger partial charge in [0.1, 0.15) is 23.7 Å². The lowest BCUT2D eigenvalue weighted by atomic mass is 9.93. The maximum absolute atomic E-state index is 14.6. The summed E-state index contributed by atoms with van der Waals surface area (Å²) < 4.78 is 42.1. The second kappa shape index (κ2) is 12.3. The lowest BCUT2D eigenvalue weighted by molar-refractivity contribution is -0.127. The molecule has 2 atom stereocenters. The second-order valence-electron chi connectivity index (χ2n) is 10.7. The first-order valence-electron chi connectivity index (χ1n) is 14.0. The van der Waals surface area contributed by atoms with Gasteiger partial charge in [-0.2, -0.15) is 5.26 Å². The van der Waals surface area contributed by atoms with Gasteiger partial charge in [0.15, 0.2) is 0 Å². The second-order valence-corrected chi connectivity index (χ2v) is 12.7. The number of nitrogens with zero attached hydrogens (tertiary/aromatic N) is 4. The molecule has 1 aliphatic heterocycles. The van der Waals surface area contributed by atoms with E-state index < -0.39 is 39.7 Å². The lowest BCUT2D eigenvalue weighted by Crippen LogP contribution is -2.53. The van der Waals surface area contributed by atoms with Crippen molar-refractivity contribution in [3.8, 4) is 6.07 Å². The number of aryl methyl sites for hydroxylation is 1. The Morgan fingerprint density at radius 2 is 1.83 bits per heavy atom. The third-order valence-corrected chi connectivity index (χ3v) is 9.67. The quantitative estimate of drug-likeness (QED) is 0.432. The lowest BCUT2D eigenvalue weighted by Gasteiger charge is -2.36.